The maximum absolute atomic E-state index is 13.7. The van der Waals surface area contributed by atoms with Gasteiger partial charge in [-0.25, -0.2) is 8.42 Å². The van der Waals surface area contributed by atoms with Gasteiger partial charge in [0.2, 0.25) is 15.9 Å². The molecule has 3 aliphatic heterocycles. The van der Waals surface area contributed by atoms with Crippen LogP contribution in [0.2, 0.25) is 0 Å². The number of sulfonamides is 1. The SMILES string of the molecule is Cc1ccc(S(=O)(=O)N[C@H](Cc2ccccc2)C(=O)NCc2cccc(-c3ccc([C@@H]4O[C@H](CN5CCC[C@H]5CN5CCCC5)C[C@H](c5ccc(CO)cc5)O4)cc3)c2)cc1. The van der Waals surface area contributed by atoms with Crippen LogP contribution in [-0.2, 0) is 43.9 Å². The fourth-order valence-corrected chi connectivity index (χ4v) is 10.1. The Hall–Kier alpha value is -4.72. The number of hydrogen-bond acceptors (Lipinski definition) is 8. The summed E-state index contributed by atoms with van der Waals surface area (Å²) in [5, 5.41) is 12.7. The molecule has 3 saturated heterocycles. The third-order valence-electron chi connectivity index (χ3n) is 12.4. The summed E-state index contributed by atoms with van der Waals surface area (Å²) in [7, 11) is -3.95. The summed E-state index contributed by atoms with van der Waals surface area (Å²) < 4.78 is 42.9. The van der Waals surface area contributed by atoms with Crippen molar-refractivity contribution in [3.63, 3.8) is 0 Å². The molecule has 0 aliphatic carbocycles. The Balaban J connectivity index is 0.944. The largest absolute Gasteiger partial charge is 0.392 e. The summed E-state index contributed by atoms with van der Waals surface area (Å²) in [5.74, 6) is -0.408. The standard InChI is InChI=1S/C50H58N4O6S/c1-36-14-24-46(25-15-36)61(57,58)52-47(30-37-9-3-2-4-10-37)49(56)51-32-39-11-7-12-43(29-39)40-20-22-42(23-21-40)50-59-45(31-48(60-50)41-18-16-38(35-55)17-19-41)34-54-28-8-13-44(54)33-53-26-5-6-27-53/h2-4,7,9-12,14-25,29,44-45,47-48,50,52,55H,5-6,8,13,26-28,30-35H2,1H3,(H,51,56)/t44-,45-,47+,48+,50+/m0/s1. The molecule has 8 rings (SSSR count). The molecule has 1 amide bonds. The molecule has 320 valence electrons. The maximum atomic E-state index is 13.7. The number of aliphatic hydroxyl groups excluding tert-OH is 1. The Morgan fingerprint density at radius 3 is 2.21 bits per heavy atom. The molecular weight excluding hydrogens is 785 g/mol. The van der Waals surface area contributed by atoms with E-state index in [0.717, 1.165) is 70.6 Å². The second-order valence-corrected chi connectivity index (χ2v) is 18.6. The predicted molar refractivity (Wildman–Crippen MR) is 238 cm³/mol. The summed E-state index contributed by atoms with van der Waals surface area (Å²) in [6, 6.07) is 39.9. The molecule has 0 bridgehead atoms. The second kappa shape index (κ2) is 20.0. The van der Waals surface area contributed by atoms with Crippen LogP contribution in [0.3, 0.4) is 0 Å². The first-order valence-corrected chi connectivity index (χ1v) is 23.2. The highest BCUT2D eigenvalue weighted by molar-refractivity contribution is 7.89. The molecule has 3 fully saturated rings. The number of likely N-dealkylation sites (tertiary alicyclic amines) is 2. The van der Waals surface area contributed by atoms with E-state index in [4.69, 9.17) is 9.47 Å². The zero-order valence-corrected chi connectivity index (χ0v) is 35.8. The minimum Gasteiger partial charge on any atom is -0.392 e. The van der Waals surface area contributed by atoms with Gasteiger partial charge in [0, 0.05) is 37.7 Å². The van der Waals surface area contributed by atoms with E-state index in [9.17, 15) is 18.3 Å². The average Bonchev–Trinajstić information content (AvgIpc) is 3.98. The van der Waals surface area contributed by atoms with Crippen molar-refractivity contribution in [2.75, 3.05) is 32.7 Å². The van der Waals surface area contributed by atoms with Crippen LogP contribution in [0, 0.1) is 6.92 Å². The van der Waals surface area contributed by atoms with Gasteiger partial charge < -0.3 is 24.8 Å². The van der Waals surface area contributed by atoms with E-state index in [2.05, 4.69) is 56.2 Å². The highest BCUT2D eigenvalue weighted by atomic mass is 32.2. The zero-order chi connectivity index (χ0) is 42.2. The number of benzene rings is 5. The number of nitrogens with zero attached hydrogens (tertiary/aromatic N) is 2. The molecular formula is C50H58N4O6S. The van der Waals surface area contributed by atoms with Gasteiger partial charge in [0.15, 0.2) is 6.29 Å². The monoisotopic (exact) mass is 842 g/mol. The van der Waals surface area contributed by atoms with Crippen LogP contribution in [-0.4, -0.2) is 80.1 Å². The quantitative estimate of drug-likeness (QED) is 0.0937. The van der Waals surface area contributed by atoms with Crippen molar-refractivity contribution < 1.29 is 27.8 Å². The molecule has 0 saturated carbocycles. The first-order valence-electron chi connectivity index (χ1n) is 21.8. The summed E-state index contributed by atoms with van der Waals surface area (Å²) in [5.41, 5.74) is 7.58. The summed E-state index contributed by atoms with van der Waals surface area (Å²) >= 11 is 0. The van der Waals surface area contributed by atoms with Gasteiger partial charge in [0.25, 0.3) is 0 Å². The van der Waals surface area contributed by atoms with Gasteiger partial charge in [0.05, 0.1) is 23.7 Å². The molecule has 61 heavy (non-hydrogen) atoms. The number of amides is 1. The van der Waals surface area contributed by atoms with Crippen LogP contribution in [0.15, 0.2) is 132 Å². The Morgan fingerprint density at radius 2 is 1.48 bits per heavy atom. The lowest BCUT2D eigenvalue weighted by Crippen LogP contribution is -2.47. The normalized spacial score (nSPS) is 21.7. The Bertz CT molecular complexity index is 2300. The molecule has 0 radical (unpaired) electrons. The number of aliphatic hydroxyl groups is 1. The number of hydrogen-bond donors (Lipinski definition) is 3. The van der Waals surface area contributed by atoms with Crippen LogP contribution in [0.1, 0.15) is 77.9 Å². The minimum atomic E-state index is -3.95. The molecule has 3 aliphatic rings. The van der Waals surface area contributed by atoms with Crippen molar-refractivity contribution in [2.24, 2.45) is 0 Å². The smallest absolute Gasteiger partial charge is 0.241 e. The topological polar surface area (TPSA) is 120 Å². The van der Waals surface area contributed by atoms with E-state index < -0.39 is 28.3 Å². The average molecular weight is 843 g/mol. The lowest BCUT2D eigenvalue weighted by Gasteiger charge is -2.39. The minimum absolute atomic E-state index is 0.00257. The van der Waals surface area contributed by atoms with Crippen LogP contribution in [0.25, 0.3) is 11.1 Å². The van der Waals surface area contributed by atoms with E-state index >= 15 is 0 Å². The van der Waals surface area contributed by atoms with Gasteiger partial charge >= 0.3 is 0 Å². The van der Waals surface area contributed by atoms with Crippen LogP contribution in [0.4, 0.5) is 0 Å². The number of rotatable bonds is 16. The summed E-state index contributed by atoms with van der Waals surface area (Å²) in [6.45, 7) is 7.65. The molecule has 0 aromatic heterocycles. The number of carbonyl (C=O) groups excluding carboxylic acids is 1. The van der Waals surface area contributed by atoms with E-state index in [0.29, 0.717) is 6.04 Å². The first kappa shape index (κ1) is 42.9. The van der Waals surface area contributed by atoms with Crippen molar-refractivity contribution in [1.29, 1.82) is 0 Å². The van der Waals surface area contributed by atoms with Gasteiger partial charge in [0.1, 0.15) is 6.04 Å². The highest BCUT2D eigenvalue weighted by Crippen LogP contribution is 2.39. The lowest BCUT2D eigenvalue weighted by atomic mass is 9.98. The lowest BCUT2D eigenvalue weighted by molar-refractivity contribution is -0.253. The van der Waals surface area contributed by atoms with Crippen molar-refractivity contribution in [3.8, 4) is 11.1 Å². The molecule has 10 nitrogen and oxygen atoms in total. The van der Waals surface area contributed by atoms with Crippen LogP contribution in [0.5, 0.6) is 0 Å². The van der Waals surface area contributed by atoms with Gasteiger partial charge in [-0.05, 0) is 110 Å². The van der Waals surface area contributed by atoms with Crippen molar-refractivity contribution in [2.45, 2.75) is 94.1 Å². The molecule has 0 spiro atoms. The Kier molecular flexibility index (Phi) is 14.1. The number of nitrogens with one attached hydrogen (secondary N) is 2. The maximum Gasteiger partial charge on any atom is 0.241 e. The molecule has 11 heteroatoms. The van der Waals surface area contributed by atoms with Gasteiger partial charge in [-0.2, -0.15) is 4.72 Å². The summed E-state index contributed by atoms with van der Waals surface area (Å²) in [4.78, 5) is 19.1. The molecule has 5 aromatic rings. The van der Waals surface area contributed by atoms with Crippen molar-refractivity contribution in [3.05, 3.63) is 161 Å². The van der Waals surface area contributed by atoms with Crippen molar-refractivity contribution >= 4 is 15.9 Å². The summed E-state index contributed by atoms with van der Waals surface area (Å²) in [6.07, 6.45) is 5.33. The zero-order valence-electron chi connectivity index (χ0n) is 35.0. The fourth-order valence-electron chi connectivity index (χ4n) is 8.92. The number of carbonyl (C=O) groups is 1. The van der Waals surface area contributed by atoms with Crippen LogP contribution >= 0.6 is 0 Å². The molecule has 0 unspecified atom stereocenters. The van der Waals surface area contributed by atoms with E-state index in [1.54, 1.807) is 24.3 Å². The van der Waals surface area contributed by atoms with Crippen LogP contribution < -0.4 is 10.0 Å². The molecule has 5 atom stereocenters. The van der Waals surface area contributed by atoms with Gasteiger partial charge in [-0.1, -0.05) is 115 Å². The molecule has 5 aromatic carbocycles. The highest BCUT2D eigenvalue weighted by Gasteiger charge is 2.36. The number of ether oxygens (including phenoxy) is 2. The third kappa shape index (κ3) is 11.2. The molecule has 3 heterocycles. The predicted octanol–water partition coefficient (Wildman–Crippen LogP) is 7.47. The first-order chi connectivity index (χ1) is 29.7. The Labute approximate surface area is 361 Å². The Morgan fingerprint density at radius 1 is 0.754 bits per heavy atom. The van der Waals surface area contributed by atoms with E-state index in [1.807, 2.05) is 73.7 Å². The second-order valence-electron chi connectivity index (χ2n) is 16.9. The van der Waals surface area contributed by atoms with Gasteiger partial charge in [-0.15, -0.1) is 0 Å². The third-order valence-corrected chi connectivity index (χ3v) is 13.8. The molecule has 3 N–H and O–H groups in total. The number of aryl methyl sites for hydroxylation is 1. The van der Waals surface area contributed by atoms with E-state index in [-0.39, 0.29) is 36.7 Å². The van der Waals surface area contributed by atoms with E-state index in [1.165, 1.54) is 38.8 Å². The van der Waals surface area contributed by atoms with Crippen molar-refractivity contribution in [1.82, 2.24) is 19.8 Å². The fraction of sp³-hybridized carbons (Fsp3) is 0.380. The van der Waals surface area contributed by atoms with Gasteiger partial charge in [-0.3, -0.25) is 9.69 Å².